The first-order valence-corrected chi connectivity index (χ1v) is 6.97. The Morgan fingerprint density at radius 2 is 1.59 bits per heavy atom. The molecule has 0 aliphatic carbocycles. The Bertz CT molecular complexity index is 405. The van der Waals surface area contributed by atoms with Gasteiger partial charge in [-0.3, -0.25) is 0 Å². The van der Waals surface area contributed by atoms with Gasteiger partial charge in [-0.1, -0.05) is 20.8 Å². The number of hydrogen-bond acceptors (Lipinski definition) is 6. The highest BCUT2D eigenvalue weighted by molar-refractivity contribution is 5.87. The van der Waals surface area contributed by atoms with E-state index in [0.29, 0.717) is 0 Å². The highest BCUT2D eigenvalue weighted by Crippen LogP contribution is 2.29. The Morgan fingerprint density at radius 3 is 2.09 bits per heavy atom. The van der Waals surface area contributed by atoms with Crippen LogP contribution in [0.1, 0.15) is 48.0 Å². The van der Waals surface area contributed by atoms with Crippen molar-refractivity contribution < 1.29 is 33.9 Å². The molecule has 0 saturated heterocycles. The van der Waals surface area contributed by atoms with Gasteiger partial charge >= 0.3 is 12.1 Å². The van der Waals surface area contributed by atoms with E-state index in [0.717, 1.165) is 12.7 Å². The predicted molar refractivity (Wildman–Crippen MR) is 79.0 cm³/mol. The van der Waals surface area contributed by atoms with Crippen LogP contribution in [0.15, 0.2) is 11.8 Å². The molecular weight excluding hydrogens is 292 g/mol. The fourth-order valence-electron chi connectivity index (χ4n) is 1.96. The van der Waals surface area contributed by atoms with Crippen LogP contribution in [0, 0.1) is 5.41 Å². The molecule has 0 rings (SSSR count). The van der Waals surface area contributed by atoms with Crippen molar-refractivity contribution in [1.82, 2.24) is 0 Å². The van der Waals surface area contributed by atoms with Crippen LogP contribution in [0.3, 0.4) is 0 Å². The monoisotopic (exact) mass is 318 g/mol. The highest BCUT2D eigenvalue weighted by Gasteiger charge is 2.27. The van der Waals surface area contributed by atoms with Gasteiger partial charge in [0, 0.05) is 0 Å². The molecule has 0 saturated carbocycles. The molecule has 22 heavy (non-hydrogen) atoms. The van der Waals surface area contributed by atoms with Gasteiger partial charge in [-0.05, 0) is 32.6 Å². The van der Waals surface area contributed by atoms with Gasteiger partial charge in [0.1, 0.15) is 25.1 Å². The summed E-state index contributed by atoms with van der Waals surface area (Å²) in [5.74, 6) is -0.633. The minimum Gasteiger partial charge on any atom is -0.459 e. The second-order valence-corrected chi connectivity index (χ2v) is 6.73. The van der Waals surface area contributed by atoms with Crippen molar-refractivity contribution in [2.45, 2.75) is 53.6 Å². The number of hydrogen-bond donors (Lipinski definition) is 1. The van der Waals surface area contributed by atoms with Crippen LogP contribution in [0.25, 0.3) is 0 Å². The Morgan fingerprint density at radius 1 is 1.05 bits per heavy atom. The van der Waals surface area contributed by atoms with Gasteiger partial charge < -0.3 is 19.5 Å². The van der Waals surface area contributed by atoms with Crippen molar-refractivity contribution >= 4 is 12.1 Å². The van der Waals surface area contributed by atoms with Gasteiger partial charge in [0.25, 0.3) is 0 Å². The molecule has 0 aromatic heterocycles. The first kappa shape index (κ1) is 20.2. The lowest BCUT2D eigenvalue weighted by molar-refractivity contribution is -0.322. The number of rotatable bonds is 8. The maximum absolute atomic E-state index is 11.5. The van der Waals surface area contributed by atoms with Crippen LogP contribution < -0.4 is 0 Å². The zero-order valence-corrected chi connectivity index (χ0v) is 14.1. The van der Waals surface area contributed by atoms with Crippen molar-refractivity contribution in [3.8, 4) is 0 Å². The van der Waals surface area contributed by atoms with Crippen molar-refractivity contribution in [3.05, 3.63) is 11.8 Å². The Labute approximate surface area is 131 Å². The molecule has 0 aromatic rings. The molecule has 0 spiro atoms. The van der Waals surface area contributed by atoms with Crippen LogP contribution in [0.2, 0.25) is 0 Å². The summed E-state index contributed by atoms with van der Waals surface area (Å²) < 4.78 is 8.99. The zero-order valence-electron chi connectivity index (χ0n) is 14.1. The van der Waals surface area contributed by atoms with Crippen LogP contribution >= 0.6 is 0 Å². The lowest BCUT2D eigenvalue weighted by Gasteiger charge is -2.30. The molecule has 128 valence electrons. The molecular formula is C15H26O7. The number of carbonyl (C=O) groups is 2. The number of carboxylic acid groups (broad SMARTS) is 1. The van der Waals surface area contributed by atoms with E-state index in [1.54, 1.807) is 0 Å². The van der Waals surface area contributed by atoms with Crippen LogP contribution in [0.5, 0.6) is 0 Å². The van der Waals surface area contributed by atoms with Crippen molar-refractivity contribution in [2.75, 3.05) is 13.2 Å². The first-order chi connectivity index (χ1) is 9.93. The molecule has 0 fully saturated rings. The second kappa shape index (κ2) is 8.63. The van der Waals surface area contributed by atoms with Gasteiger partial charge in [-0.25, -0.2) is 9.59 Å². The third kappa shape index (κ3) is 11.0. The summed E-state index contributed by atoms with van der Waals surface area (Å²) >= 11 is 0. The van der Waals surface area contributed by atoms with Gasteiger partial charge in [-0.15, -0.1) is 0 Å². The Hall–Kier alpha value is -1.76. The molecule has 0 aliphatic rings. The number of esters is 1. The standard InChI is InChI=1S/C15H26O7/c1-11(12(16)19-7-8-20-13(17)18)9-21-22-15(5,6)10-14(2,3)4/h9H,7-8,10H2,1-6H3,(H,17,18). The number of ether oxygens (including phenoxy) is 2. The minimum absolute atomic E-state index is 0.0781. The molecule has 0 bridgehead atoms. The lowest BCUT2D eigenvalue weighted by Crippen LogP contribution is -2.29. The summed E-state index contributed by atoms with van der Waals surface area (Å²) in [7, 11) is 0. The maximum atomic E-state index is 11.5. The molecule has 1 N–H and O–H groups in total. The largest absolute Gasteiger partial charge is 0.505 e. The van der Waals surface area contributed by atoms with E-state index in [2.05, 4.69) is 25.5 Å². The molecule has 7 nitrogen and oxygen atoms in total. The van der Waals surface area contributed by atoms with E-state index in [1.807, 2.05) is 13.8 Å². The van der Waals surface area contributed by atoms with E-state index >= 15 is 0 Å². The third-order valence-corrected chi connectivity index (χ3v) is 2.32. The Kier molecular flexibility index (Phi) is 7.94. The van der Waals surface area contributed by atoms with Gasteiger partial charge in [0.05, 0.1) is 5.57 Å². The molecule has 0 aromatic carbocycles. The van der Waals surface area contributed by atoms with Crippen molar-refractivity contribution in [1.29, 1.82) is 0 Å². The second-order valence-electron chi connectivity index (χ2n) is 6.73. The number of carbonyl (C=O) groups excluding carboxylic acids is 1. The average molecular weight is 318 g/mol. The molecule has 0 unspecified atom stereocenters. The third-order valence-electron chi connectivity index (χ3n) is 2.32. The van der Waals surface area contributed by atoms with Crippen molar-refractivity contribution in [3.63, 3.8) is 0 Å². The predicted octanol–water partition coefficient (Wildman–Crippen LogP) is 3.29. The normalized spacial score (nSPS) is 12.7. The first-order valence-electron chi connectivity index (χ1n) is 6.97. The summed E-state index contributed by atoms with van der Waals surface area (Å²) in [6.07, 6.45) is 0.510. The average Bonchev–Trinajstić information content (AvgIpc) is 2.30. The summed E-state index contributed by atoms with van der Waals surface area (Å²) in [5, 5.41) is 8.25. The fraction of sp³-hybridized carbons (Fsp3) is 0.733. The van der Waals surface area contributed by atoms with Crippen LogP contribution in [0.4, 0.5) is 4.79 Å². The van der Waals surface area contributed by atoms with E-state index < -0.39 is 17.7 Å². The SMILES string of the molecule is CC(=COOC(C)(C)CC(C)(C)C)C(=O)OCCOC(=O)O. The molecule has 7 heteroatoms. The van der Waals surface area contributed by atoms with E-state index in [4.69, 9.17) is 19.6 Å². The zero-order chi connectivity index (χ0) is 17.4. The summed E-state index contributed by atoms with van der Waals surface area (Å²) in [6.45, 7) is 11.2. The molecule has 0 heterocycles. The topological polar surface area (TPSA) is 91.3 Å². The summed E-state index contributed by atoms with van der Waals surface area (Å²) in [6, 6.07) is 0. The van der Waals surface area contributed by atoms with Gasteiger partial charge in [0.2, 0.25) is 0 Å². The lowest BCUT2D eigenvalue weighted by atomic mass is 9.84. The van der Waals surface area contributed by atoms with E-state index in [1.165, 1.54) is 6.92 Å². The molecule has 0 radical (unpaired) electrons. The van der Waals surface area contributed by atoms with Crippen LogP contribution in [-0.4, -0.2) is 36.0 Å². The van der Waals surface area contributed by atoms with Crippen LogP contribution in [-0.2, 0) is 24.0 Å². The quantitative estimate of drug-likeness (QED) is 0.183. The molecule has 0 aliphatic heterocycles. The van der Waals surface area contributed by atoms with E-state index in [-0.39, 0.29) is 24.2 Å². The fourth-order valence-corrected chi connectivity index (χ4v) is 1.96. The summed E-state index contributed by atoms with van der Waals surface area (Å²) in [4.78, 5) is 31.9. The van der Waals surface area contributed by atoms with E-state index in [9.17, 15) is 9.59 Å². The van der Waals surface area contributed by atoms with Gasteiger partial charge in [0.15, 0.2) is 0 Å². The Balaban J connectivity index is 4.16. The smallest absolute Gasteiger partial charge is 0.459 e. The molecule has 0 amide bonds. The molecule has 0 atom stereocenters. The highest BCUT2D eigenvalue weighted by atomic mass is 17.2. The van der Waals surface area contributed by atoms with Gasteiger partial charge in [-0.2, -0.15) is 4.89 Å². The maximum Gasteiger partial charge on any atom is 0.505 e. The minimum atomic E-state index is -1.42. The van der Waals surface area contributed by atoms with Crippen molar-refractivity contribution in [2.24, 2.45) is 5.41 Å². The summed E-state index contributed by atoms with van der Waals surface area (Å²) in [5.41, 5.74) is -0.231.